The van der Waals surface area contributed by atoms with Gasteiger partial charge in [-0.3, -0.25) is 19.1 Å². The minimum Gasteiger partial charge on any atom is -0.392 e. The molecule has 0 bridgehead atoms. The van der Waals surface area contributed by atoms with E-state index in [9.17, 15) is 24.6 Å². The summed E-state index contributed by atoms with van der Waals surface area (Å²) in [7, 11) is 0. The average molecular weight is 649 g/mol. The molecule has 4 heterocycles. The van der Waals surface area contributed by atoms with Crippen LogP contribution in [0.4, 0.5) is 5.82 Å². The summed E-state index contributed by atoms with van der Waals surface area (Å²) in [4.78, 5) is 54.4. The van der Waals surface area contributed by atoms with E-state index >= 15 is 0 Å². The number of carbonyl (C=O) groups is 3. The molecule has 1 unspecified atom stereocenters. The number of aliphatic hydroxyl groups excluding tert-OH is 2. The van der Waals surface area contributed by atoms with E-state index in [4.69, 9.17) is 0 Å². The van der Waals surface area contributed by atoms with Crippen molar-refractivity contribution in [2.75, 3.05) is 5.32 Å². The maximum Gasteiger partial charge on any atom is 0.248 e. The van der Waals surface area contributed by atoms with Gasteiger partial charge in [0.1, 0.15) is 34.5 Å². The molecule has 3 N–H and O–H groups in total. The number of hydrogen-bond acceptors (Lipinski definition) is 9. The summed E-state index contributed by atoms with van der Waals surface area (Å²) in [5.41, 5.74) is 2.58. The van der Waals surface area contributed by atoms with Gasteiger partial charge in [-0.2, -0.15) is 5.10 Å². The molecule has 3 aromatic heterocycles. The zero-order chi connectivity index (χ0) is 30.8. The van der Waals surface area contributed by atoms with Crippen molar-refractivity contribution in [3.8, 4) is 11.1 Å². The standard InChI is InChI=1S/C30H30BrN7O5/c1-14-5-6-22(31)34-28(14)35-29(43)21-9-30(4)26(27(30)42)38(21)23(41)12-37-25-18(13-39)7-17(19-10-32-16(3)33-11-19)8-20(25)24(36-37)15(2)40/h5-8,10-11,21,26-27,39,42H,9,12-13H2,1-4H3,(H,34,35,43)/t21-,26+,27?,30+/m0/s1. The maximum atomic E-state index is 14.0. The minimum atomic E-state index is -0.842. The molecule has 1 saturated carbocycles. The first-order valence-electron chi connectivity index (χ1n) is 13.8. The van der Waals surface area contributed by atoms with Crippen molar-refractivity contribution in [1.82, 2.24) is 29.6 Å². The lowest BCUT2D eigenvalue weighted by molar-refractivity contribution is -0.139. The second-order valence-electron chi connectivity index (χ2n) is 11.5. The van der Waals surface area contributed by atoms with Gasteiger partial charge in [0.15, 0.2) is 5.78 Å². The number of hydrogen-bond donors (Lipinski definition) is 3. The lowest BCUT2D eigenvalue weighted by Crippen LogP contribution is -2.48. The van der Waals surface area contributed by atoms with Crippen LogP contribution in [0.2, 0.25) is 0 Å². The van der Waals surface area contributed by atoms with E-state index in [1.54, 1.807) is 37.5 Å². The van der Waals surface area contributed by atoms with E-state index in [-0.39, 0.29) is 31.0 Å². The van der Waals surface area contributed by atoms with E-state index in [2.05, 4.69) is 41.3 Å². The number of aliphatic hydroxyl groups is 2. The number of likely N-dealkylation sites (tertiary alicyclic amines) is 1. The lowest BCUT2D eigenvalue weighted by atomic mass is 10.0. The molecule has 6 rings (SSSR count). The van der Waals surface area contributed by atoms with Gasteiger partial charge in [-0.25, -0.2) is 15.0 Å². The number of nitrogens with one attached hydrogen (secondary N) is 1. The Morgan fingerprint density at radius 1 is 1.14 bits per heavy atom. The van der Waals surface area contributed by atoms with Crippen molar-refractivity contribution < 1.29 is 24.6 Å². The van der Waals surface area contributed by atoms with Gasteiger partial charge in [-0.1, -0.05) is 13.0 Å². The fourth-order valence-corrected chi connectivity index (χ4v) is 6.44. The van der Waals surface area contributed by atoms with Gasteiger partial charge >= 0.3 is 0 Å². The van der Waals surface area contributed by atoms with Crippen LogP contribution in [0.3, 0.4) is 0 Å². The van der Waals surface area contributed by atoms with Gasteiger partial charge in [0.25, 0.3) is 0 Å². The highest BCUT2D eigenvalue weighted by atomic mass is 79.9. The number of benzene rings is 1. The molecule has 4 aromatic rings. The Morgan fingerprint density at radius 3 is 2.53 bits per heavy atom. The monoisotopic (exact) mass is 647 g/mol. The summed E-state index contributed by atoms with van der Waals surface area (Å²) in [6.07, 6.45) is 2.84. The largest absolute Gasteiger partial charge is 0.392 e. The van der Waals surface area contributed by atoms with Crippen molar-refractivity contribution >= 4 is 50.2 Å². The van der Waals surface area contributed by atoms with Crippen molar-refractivity contribution in [3.63, 3.8) is 0 Å². The number of carbonyl (C=O) groups excluding carboxylic acids is 3. The summed E-state index contributed by atoms with van der Waals surface area (Å²) in [5.74, 6) is -0.165. The number of aromatic nitrogens is 5. The highest BCUT2D eigenvalue weighted by Crippen LogP contribution is 2.59. The number of aryl methyl sites for hydroxylation is 2. The molecule has 1 aliphatic heterocycles. The molecule has 4 atom stereocenters. The van der Waals surface area contributed by atoms with Crippen LogP contribution in [0.5, 0.6) is 0 Å². The molecule has 12 nitrogen and oxygen atoms in total. The quantitative estimate of drug-likeness (QED) is 0.202. The number of fused-ring (bicyclic) bond motifs is 2. The first kappa shape index (κ1) is 29.0. The molecule has 1 saturated heterocycles. The second kappa shape index (κ2) is 10.6. The Balaban J connectivity index is 1.35. The van der Waals surface area contributed by atoms with Gasteiger partial charge in [-0.15, -0.1) is 0 Å². The van der Waals surface area contributed by atoms with Gasteiger partial charge in [-0.05, 0) is 65.5 Å². The van der Waals surface area contributed by atoms with E-state index < -0.39 is 35.4 Å². The molecule has 1 aliphatic carbocycles. The number of halogens is 1. The van der Waals surface area contributed by atoms with Crippen LogP contribution in [-0.4, -0.2) is 75.6 Å². The first-order valence-corrected chi connectivity index (χ1v) is 14.6. The fraction of sp³-hybridized carbons (Fsp3) is 0.367. The number of nitrogens with zero attached hydrogens (tertiary/aromatic N) is 6. The van der Waals surface area contributed by atoms with Crippen LogP contribution < -0.4 is 5.32 Å². The molecule has 1 aromatic carbocycles. The van der Waals surface area contributed by atoms with Crippen molar-refractivity contribution in [3.05, 3.63) is 63.9 Å². The molecule has 222 valence electrons. The predicted molar refractivity (Wildman–Crippen MR) is 160 cm³/mol. The highest BCUT2D eigenvalue weighted by Gasteiger charge is 2.72. The van der Waals surface area contributed by atoms with Crippen LogP contribution in [0.1, 0.15) is 47.7 Å². The predicted octanol–water partition coefficient (Wildman–Crippen LogP) is 2.95. The van der Waals surface area contributed by atoms with Crippen LogP contribution in [0.15, 0.2) is 41.3 Å². The van der Waals surface area contributed by atoms with E-state index in [1.807, 2.05) is 19.9 Å². The normalized spacial score (nSPS) is 22.5. The van der Waals surface area contributed by atoms with Gasteiger partial charge in [0.05, 0.1) is 24.3 Å². The van der Waals surface area contributed by atoms with Gasteiger partial charge in [0.2, 0.25) is 11.8 Å². The molecule has 0 spiro atoms. The van der Waals surface area contributed by atoms with E-state index in [0.29, 0.717) is 43.8 Å². The number of Topliss-reactive ketones (excluding diaryl/α,β-unsaturated/α-hetero) is 1. The van der Waals surface area contributed by atoms with Crippen molar-refractivity contribution in [1.29, 1.82) is 0 Å². The Kier molecular flexibility index (Phi) is 7.14. The zero-order valence-electron chi connectivity index (χ0n) is 24.0. The third kappa shape index (κ3) is 4.90. The first-order chi connectivity index (χ1) is 20.4. The molecule has 43 heavy (non-hydrogen) atoms. The fourth-order valence-electron chi connectivity index (χ4n) is 6.13. The third-order valence-electron chi connectivity index (χ3n) is 8.53. The number of piperidine rings is 1. The van der Waals surface area contributed by atoms with Crippen molar-refractivity contribution in [2.45, 2.75) is 65.5 Å². The summed E-state index contributed by atoms with van der Waals surface area (Å²) in [6.45, 7) is 6.16. The number of anilines is 1. The van der Waals surface area contributed by atoms with E-state index in [1.165, 1.54) is 16.5 Å². The number of rotatable bonds is 7. The summed E-state index contributed by atoms with van der Waals surface area (Å²) < 4.78 is 1.96. The summed E-state index contributed by atoms with van der Waals surface area (Å²) in [5, 5.41) is 28.8. The average Bonchev–Trinajstić information content (AvgIpc) is 3.25. The molecule has 2 aliphatic rings. The lowest BCUT2D eigenvalue weighted by Gasteiger charge is -2.28. The molecule has 0 radical (unpaired) electrons. The Morgan fingerprint density at radius 2 is 1.86 bits per heavy atom. The summed E-state index contributed by atoms with van der Waals surface area (Å²) in [6, 6.07) is 5.74. The molecular weight excluding hydrogens is 618 g/mol. The van der Waals surface area contributed by atoms with Crippen molar-refractivity contribution in [2.24, 2.45) is 5.41 Å². The van der Waals surface area contributed by atoms with E-state index in [0.717, 1.165) is 5.56 Å². The molecule has 2 fully saturated rings. The number of pyridine rings is 1. The zero-order valence-corrected chi connectivity index (χ0v) is 25.6. The Bertz CT molecular complexity index is 1810. The highest BCUT2D eigenvalue weighted by molar-refractivity contribution is 9.10. The van der Waals surface area contributed by atoms with Crippen LogP contribution in [0.25, 0.3) is 22.0 Å². The third-order valence-corrected chi connectivity index (χ3v) is 8.97. The maximum absolute atomic E-state index is 14.0. The molecule has 13 heteroatoms. The molecule has 2 amide bonds. The van der Waals surface area contributed by atoms with Crippen LogP contribution >= 0.6 is 15.9 Å². The Labute approximate surface area is 255 Å². The van der Waals surface area contributed by atoms with Crippen LogP contribution in [-0.2, 0) is 22.7 Å². The number of ketones is 1. The van der Waals surface area contributed by atoms with Gasteiger partial charge < -0.3 is 20.4 Å². The Hall–Kier alpha value is -4.07. The minimum absolute atomic E-state index is 0.149. The van der Waals surface area contributed by atoms with Gasteiger partial charge in [0, 0.05) is 41.2 Å². The topological polar surface area (TPSA) is 163 Å². The van der Waals surface area contributed by atoms with Crippen LogP contribution in [0, 0.1) is 19.3 Å². The smallest absolute Gasteiger partial charge is 0.248 e. The molecular formula is C30H30BrN7O5. The second-order valence-corrected chi connectivity index (χ2v) is 12.3. The number of amides is 2. The SMILES string of the molecule is CC(=O)c1nn(CC(=O)N2[C@H](C(=O)Nc3nc(Br)ccc3C)C[C@@]3(C)C(O)[C@@H]23)c2c(CO)cc(-c3cnc(C)nc3)cc12. The summed E-state index contributed by atoms with van der Waals surface area (Å²) >= 11 is 3.32.